The zero-order chi connectivity index (χ0) is 15.5. The Balaban J connectivity index is 2.14. The second kappa shape index (κ2) is 6.80. The van der Waals surface area contributed by atoms with Gasteiger partial charge in [0.15, 0.2) is 0 Å². The molecule has 2 unspecified atom stereocenters. The lowest BCUT2D eigenvalue weighted by Crippen LogP contribution is -2.47. The molecule has 116 valence electrons. The van der Waals surface area contributed by atoms with Crippen LogP contribution in [0.4, 0.5) is 0 Å². The van der Waals surface area contributed by atoms with E-state index in [1.54, 1.807) is 0 Å². The molecule has 1 fully saturated rings. The smallest absolute Gasteiger partial charge is 0.228 e. The summed E-state index contributed by atoms with van der Waals surface area (Å²) in [5, 5.41) is 7.30. The maximum Gasteiger partial charge on any atom is 0.228 e. The van der Waals surface area contributed by atoms with E-state index in [2.05, 4.69) is 31.4 Å². The summed E-state index contributed by atoms with van der Waals surface area (Å²) in [5.74, 6) is 0.500. The molecule has 1 aliphatic heterocycles. The van der Waals surface area contributed by atoms with Gasteiger partial charge in [-0.3, -0.25) is 4.79 Å². The monoisotopic (exact) mass is 308 g/mol. The number of halogens is 1. The van der Waals surface area contributed by atoms with Gasteiger partial charge in [-0.15, -0.1) is 0 Å². The van der Waals surface area contributed by atoms with Gasteiger partial charge in [0, 0.05) is 11.6 Å². The summed E-state index contributed by atoms with van der Waals surface area (Å²) in [4.78, 5) is 12.8. The highest BCUT2D eigenvalue weighted by molar-refractivity contribution is 6.30. The number of amides is 1. The normalized spacial score (nSPS) is 23.3. The molecule has 1 amide bonds. The van der Waals surface area contributed by atoms with E-state index in [0.717, 1.165) is 36.5 Å². The lowest BCUT2D eigenvalue weighted by molar-refractivity contribution is -0.133. The molecule has 1 aromatic carbocycles. The number of nitrogens with one attached hydrogen (secondary N) is 2. The molecule has 3 nitrogen and oxygen atoms in total. The Labute approximate surface area is 132 Å². The van der Waals surface area contributed by atoms with Crippen molar-refractivity contribution < 1.29 is 4.79 Å². The van der Waals surface area contributed by atoms with Crippen molar-refractivity contribution in [2.45, 2.75) is 39.7 Å². The van der Waals surface area contributed by atoms with Crippen LogP contribution in [-0.4, -0.2) is 19.0 Å². The van der Waals surface area contributed by atoms with Crippen molar-refractivity contribution in [2.75, 3.05) is 13.1 Å². The van der Waals surface area contributed by atoms with E-state index in [4.69, 9.17) is 11.6 Å². The van der Waals surface area contributed by atoms with Crippen molar-refractivity contribution in [3.8, 4) is 0 Å². The van der Waals surface area contributed by atoms with Gasteiger partial charge in [0.1, 0.15) is 0 Å². The van der Waals surface area contributed by atoms with Crippen molar-refractivity contribution in [1.82, 2.24) is 10.6 Å². The summed E-state index contributed by atoms with van der Waals surface area (Å²) >= 11 is 5.94. The fourth-order valence-corrected chi connectivity index (χ4v) is 3.20. The molecule has 2 atom stereocenters. The van der Waals surface area contributed by atoms with Gasteiger partial charge in [-0.2, -0.15) is 0 Å². The van der Waals surface area contributed by atoms with Crippen molar-refractivity contribution in [1.29, 1.82) is 0 Å². The third-order valence-corrected chi connectivity index (χ3v) is 4.98. The van der Waals surface area contributed by atoms with Crippen LogP contribution in [0.25, 0.3) is 0 Å². The van der Waals surface area contributed by atoms with Crippen LogP contribution in [0.2, 0.25) is 5.02 Å². The molecule has 2 N–H and O–H groups in total. The highest BCUT2D eigenvalue weighted by Gasteiger charge is 2.44. The Hall–Kier alpha value is -1.06. The summed E-state index contributed by atoms with van der Waals surface area (Å²) < 4.78 is 0. The van der Waals surface area contributed by atoms with Gasteiger partial charge in [-0.1, -0.05) is 44.5 Å². The minimum atomic E-state index is -0.278. The van der Waals surface area contributed by atoms with Crippen molar-refractivity contribution >= 4 is 17.5 Å². The number of hydrogen-bond donors (Lipinski definition) is 2. The van der Waals surface area contributed by atoms with Gasteiger partial charge >= 0.3 is 0 Å². The lowest BCUT2D eigenvalue weighted by Gasteiger charge is -2.33. The molecule has 2 rings (SSSR count). The van der Waals surface area contributed by atoms with Crippen molar-refractivity contribution in [2.24, 2.45) is 11.3 Å². The van der Waals surface area contributed by atoms with Crippen LogP contribution < -0.4 is 10.6 Å². The summed E-state index contributed by atoms with van der Waals surface area (Å²) in [5.41, 5.74) is 0.833. The Morgan fingerprint density at radius 2 is 2.05 bits per heavy atom. The topological polar surface area (TPSA) is 41.1 Å². The average Bonchev–Trinajstić information content (AvgIpc) is 2.96. The SMILES string of the molecule is CCC(NC(=O)C1(C(C)C)CCNC1)c1ccc(Cl)cc1. The molecule has 0 spiro atoms. The lowest BCUT2D eigenvalue weighted by atomic mass is 9.75. The number of carbonyl (C=O) groups is 1. The van der Waals surface area contributed by atoms with E-state index in [9.17, 15) is 4.79 Å². The van der Waals surface area contributed by atoms with Crippen molar-refractivity contribution in [3.63, 3.8) is 0 Å². The third-order valence-electron chi connectivity index (χ3n) is 4.73. The molecular formula is C17H25ClN2O. The maximum absolute atomic E-state index is 12.8. The van der Waals surface area contributed by atoms with Crippen LogP contribution in [0.1, 0.15) is 45.2 Å². The minimum absolute atomic E-state index is 0.0472. The van der Waals surface area contributed by atoms with Crippen LogP contribution in [0.15, 0.2) is 24.3 Å². The zero-order valence-corrected chi connectivity index (χ0v) is 13.8. The highest BCUT2D eigenvalue weighted by Crippen LogP contribution is 2.35. The Morgan fingerprint density at radius 3 is 2.52 bits per heavy atom. The van der Waals surface area contributed by atoms with Gasteiger partial charge in [0.05, 0.1) is 11.5 Å². The highest BCUT2D eigenvalue weighted by atomic mass is 35.5. The predicted molar refractivity (Wildman–Crippen MR) is 87.4 cm³/mol. The van der Waals surface area contributed by atoms with Crippen LogP contribution in [0.3, 0.4) is 0 Å². The van der Waals surface area contributed by atoms with Gasteiger partial charge in [-0.25, -0.2) is 0 Å². The van der Waals surface area contributed by atoms with Crippen LogP contribution in [-0.2, 0) is 4.79 Å². The van der Waals surface area contributed by atoms with E-state index >= 15 is 0 Å². The van der Waals surface area contributed by atoms with Gasteiger partial charge < -0.3 is 10.6 Å². The standard InChI is InChI=1S/C17H25ClN2O/c1-4-15(13-5-7-14(18)8-6-13)20-16(21)17(12(2)3)9-10-19-11-17/h5-8,12,15,19H,4,9-11H2,1-3H3,(H,20,21). The second-order valence-electron chi connectivity index (χ2n) is 6.22. The van der Waals surface area contributed by atoms with E-state index in [-0.39, 0.29) is 17.4 Å². The van der Waals surface area contributed by atoms with E-state index in [1.807, 2.05) is 24.3 Å². The fraction of sp³-hybridized carbons (Fsp3) is 0.588. The van der Waals surface area contributed by atoms with E-state index in [0.29, 0.717) is 5.92 Å². The van der Waals surface area contributed by atoms with Crippen LogP contribution >= 0.6 is 11.6 Å². The molecule has 21 heavy (non-hydrogen) atoms. The predicted octanol–water partition coefficient (Wildman–Crippen LogP) is 3.54. The minimum Gasteiger partial charge on any atom is -0.349 e. The van der Waals surface area contributed by atoms with Gasteiger partial charge in [-0.05, 0) is 43.0 Å². The average molecular weight is 309 g/mol. The molecule has 0 saturated carbocycles. The van der Waals surface area contributed by atoms with Crippen LogP contribution in [0.5, 0.6) is 0 Å². The maximum atomic E-state index is 12.8. The van der Waals surface area contributed by atoms with Gasteiger partial charge in [0.25, 0.3) is 0 Å². The number of carbonyl (C=O) groups excluding carboxylic acids is 1. The number of benzene rings is 1. The first-order valence-electron chi connectivity index (χ1n) is 7.76. The molecule has 0 aliphatic carbocycles. The largest absolute Gasteiger partial charge is 0.349 e. The molecule has 1 saturated heterocycles. The second-order valence-corrected chi connectivity index (χ2v) is 6.66. The third kappa shape index (κ3) is 3.41. The summed E-state index contributed by atoms with van der Waals surface area (Å²) in [6.07, 6.45) is 1.78. The molecule has 0 aromatic heterocycles. The first-order chi connectivity index (χ1) is 9.99. The van der Waals surface area contributed by atoms with Crippen LogP contribution in [0, 0.1) is 11.3 Å². The summed E-state index contributed by atoms with van der Waals surface area (Å²) in [7, 11) is 0. The molecule has 1 heterocycles. The molecule has 0 radical (unpaired) electrons. The fourth-order valence-electron chi connectivity index (χ4n) is 3.08. The summed E-state index contributed by atoms with van der Waals surface area (Å²) in [6.45, 7) is 8.05. The molecular weight excluding hydrogens is 284 g/mol. The summed E-state index contributed by atoms with van der Waals surface area (Å²) in [6, 6.07) is 7.78. The molecule has 1 aliphatic rings. The van der Waals surface area contributed by atoms with Gasteiger partial charge in [0.2, 0.25) is 5.91 Å². The van der Waals surface area contributed by atoms with E-state index < -0.39 is 0 Å². The first kappa shape index (κ1) is 16.3. The number of hydrogen-bond acceptors (Lipinski definition) is 2. The molecule has 1 aromatic rings. The first-order valence-corrected chi connectivity index (χ1v) is 8.14. The van der Waals surface area contributed by atoms with Crippen molar-refractivity contribution in [3.05, 3.63) is 34.9 Å². The Kier molecular flexibility index (Phi) is 5.28. The zero-order valence-electron chi connectivity index (χ0n) is 13.1. The molecule has 4 heteroatoms. The molecule has 0 bridgehead atoms. The number of rotatable bonds is 5. The Bertz CT molecular complexity index is 478. The Morgan fingerprint density at radius 1 is 1.38 bits per heavy atom. The van der Waals surface area contributed by atoms with E-state index in [1.165, 1.54) is 0 Å². The quantitative estimate of drug-likeness (QED) is 0.873.